The van der Waals surface area contributed by atoms with Crippen LogP contribution < -0.4 is 5.73 Å². The van der Waals surface area contributed by atoms with Gasteiger partial charge in [-0.15, -0.1) is 0 Å². The maximum Gasteiger partial charge on any atom is 0.490 e. The van der Waals surface area contributed by atoms with E-state index in [9.17, 15) is 18.6 Å². The van der Waals surface area contributed by atoms with Crippen molar-refractivity contribution in [1.82, 2.24) is 19.6 Å². The van der Waals surface area contributed by atoms with Crippen molar-refractivity contribution in [2.75, 3.05) is 12.3 Å². The lowest BCUT2D eigenvalue weighted by atomic mass is 9.98. The highest BCUT2D eigenvalue weighted by atomic mass is 31.3. The molecule has 0 aliphatic carbocycles. The Morgan fingerprint density at radius 3 is 2.57 bits per heavy atom. The molecule has 30 heavy (non-hydrogen) atoms. The predicted molar refractivity (Wildman–Crippen MR) is 96.4 cm³/mol. The molecule has 1 saturated heterocycles. The number of hydrogen-bond donors (Lipinski definition) is 5. The van der Waals surface area contributed by atoms with E-state index in [0.29, 0.717) is 17.6 Å². The Hall–Kier alpha value is -1.28. The van der Waals surface area contributed by atoms with E-state index in [1.807, 2.05) is 6.92 Å². The van der Waals surface area contributed by atoms with Crippen LogP contribution in [-0.4, -0.2) is 51.9 Å². The Morgan fingerprint density at radius 1 is 1.20 bits per heavy atom. The van der Waals surface area contributed by atoms with E-state index in [-0.39, 0.29) is 11.9 Å². The van der Waals surface area contributed by atoms with Gasteiger partial charge in [0.05, 0.1) is 25.0 Å². The van der Waals surface area contributed by atoms with Gasteiger partial charge in [0.2, 0.25) is 5.95 Å². The van der Waals surface area contributed by atoms with Crippen LogP contribution in [0.4, 0.5) is 5.95 Å². The number of hydrogen-bond acceptors (Lipinski definition) is 11. The van der Waals surface area contributed by atoms with Crippen molar-refractivity contribution in [3.8, 4) is 0 Å². The number of phosphoric ester groups is 1. The maximum atomic E-state index is 11.8. The Kier molecular flexibility index (Phi) is 6.50. The molecule has 3 heterocycles. The molecule has 0 radical (unpaired) electrons. The van der Waals surface area contributed by atoms with Crippen LogP contribution in [-0.2, 0) is 31.6 Å². The number of aromatic nitrogens is 4. The Balaban J connectivity index is 1.63. The molecule has 168 valence electrons. The van der Waals surface area contributed by atoms with Crippen LogP contribution >= 0.6 is 23.5 Å². The number of anilines is 1. The summed E-state index contributed by atoms with van der Waals surface area (Å²) in [4.78, 5) is 43.7. The zero-order valence-corrected chi connectivity index (χ0v) is 17.8. The molecule has 1 aliphatic rings. The third kappa shape index (κ3) is 5.69. The van der Waals surface area contributed by atoms with Crippen molar-refractivity contribution in [1.29, 1.82) is 0 Å². The second-order valence-corrected chi connectivity index (χ2v) is 10.8. The smallest absolute Gasteiger partial charge is 0.368 e. The van der Waals surface area contributed by atoms with E-state index in [1.54, 1.807) is 0 Å². The Morgan fingerprint density at radius 2 is 1.90 bits per heavy atom. The fourth-order valence-corrected chi connectivity index (χ4v) is 6.00. The maximum absolute atomic E-state index is 11.8. The van der Waals surface area contributed by atoms with Gasteiger partial charge in [0.1, 0.15) is 6.33 Å². The number of ether oxygens (including phenoxy) is 1. The van der Waals surface area contributed by atoms with Crippen LogP contribution in [0.2, 0.25) is 0 Å². The molecule has 5 unspecified atom stereocenters. The first-order chi connectivity index (χ1) is 13.8. The first kappa shape index (κ1) is 23.4. The van der Waals surface area contributed by atoms with Crippen LogP contribution in [0.1, 0.15) is 25.0 Å². The number of rotatable bonds is 8. The van der Waals surface area contributed by atoms with Gasteiger partial charge in [0.15, 0.2) is 5.65 Å². The first-order valence-electron chi connectivity index (χ1n) is 8.14. The highest BCUT2D eigenvalue weighted by molar-refractivity contribution is 7.66. The molecule has 6 N–H and O–H groups in total. The molecule has 16 nitrogen and oxygen atoms in total. The van der Waals surface area contributed by atoms with E-state index < -0.39 is 42.3 Å². The average molecular weight is 489 g/mol. The van der Waals surface area contributed by atoms with Crippen LogP contribution in [0, 0.1) is 5.92 Å². The average Bonchev–Trinajstić information content (AvgIpc) is 3.13. The predicted octanol–water partition coefficient (Wildman–Crippen LogP) is 0.516. The van der Waals surface area contributed by atoms with Crippen molar-refractivity contribution in [3.05, 3.63) is 18.1 Å². The van der Waals surface area contributed by atoms with Crippen molar-refractivity contribution >= 4 is 35.1 Å². The zero-order valence-electron chi connectivity index (χ0n) is 15.2. The second kappa shape index (κ2) is 8.34. The standard InChI is InChI=1S/C11H18N5O11P3/c1-6-2-7(4-24-29(20,21)27-30(22,23)26-28(17,18)19)25-9(6)8-3-15-16-10(8)13-5-14-11(16)12/h3,5-7,9H,2,4H2,1H3,(H,20,21)(H,22,23)(H2,12,13,14)(H2,17,18,19). The van der Waals surface area contributed by atoms with E-state index >= 15 is 0 Å². The monoisotopic (exact) mass is 489 g/mol. The summed E-state index contributed by atoms with van der Waals surface area (Å²) in [5, 5.41) is 4.09. The lowest BCUT2D eigenvalue weighted by molar-refractivity contribution is 0.00511. The summed E-state index contributed by atoms with van der Waals surface area (Å²) >= 11 is 0. The normalized spacial score (nSPS) is 26.5. The summed E-state index contributed by atoms with van der Waals surface area (Å²) in [7, 11) is -16.2. The third-order valence-electron chi connectivity index (χ3n) is 3.99. The minimum atomic E-state index is -5.57. The highest BCUT2D eigenvalue weighted by Crippen LogP contribution is 2.66. The van der Waals surface area contributed by atoms with E-state index in [4.69, 9.17) is 25.2 Å². The van der Waals surface area contributed by atoms with Gasteiger partial charge in [-0.3, -0.25) is 4.52 Å². The molecule has 2 aromatic rings. The molecule has 0 aromatic carbocycles. The number of nitrogen functional groups attached to an aromatic ring is 1. The highest BCUT2D eigenvalue weighted by Gasteiger charge is 2.42. The summed E-state index contributed by atoms with van der Waals surface area (Å²) in [5.41, 5.74) is 6.76. The molecule has 19 heteroatoms. The summed E-state index contributed by atoms with van der Waals surface area (Å²) in [6, 6.07) is 0. The minimum absolute atomic E-state index is 0.0938. The molecule has 2 aromatic heterocycles. The van der Waals surface area contributed by atoms with Crippen LogP contribution in [0.25, 0.3) is 5.65 Å². The van der Waals surface area contributed by atoms with Gasteiger partial charge < -0.3 is 30.0 Å². The molecular weight excluding hydrogens is 471 g/mol. The molecule has 5 atom stereocenters. The van der Waals surface area contributed by atoms with Gasteiger partial charge in [0.25, 0.3) is 0 Å². The quantitative estimate of drug-likeness (QED) is 0.318. The lowest BCUT2D eigenvalue weighted by Gasteiger charge is -2.18. The van der Waals surface area contributed by atoms with Gasteiger partial charge in [-0.1, -0.05) is 6.92 Å². The second-order valence-electron chi connectivity index (χ2n) is 6.35. The summed E-state index contributed by atoms with van der Waals surface area (Å²) in [6.45, 7) is 1.32. The first-order valence-corrected chi connectivity index (χ1v) is 12.7. The Bertz CT molecular complexity index is 1070. The summed E-state index contributed by atoms with van der Waals surface area (Å²) in [5.74, 6) is 0.0322. The third-order valence-corrected chi connectivity index (χ3v) is 7.80. The van der Waals surface area contributed by atoms with Crippen molar-refractivity contribution < 1.29 is 51.2 Å². The van der Waals surface area contributed by atoms with Gasteiger partial charge >= 0.3 is 23.5 Å². The lowest BCUT2D eigenvalue weighted by Crippen LogP contribution is -2.14. The molecule has 0 amide bonds. The Labute approximate surface area is 168 Å². The van der Waals surface area contributed by atoms with Crippen molar-refractivity contribution in [3.63, 3.8) is 0 Å². The molecule has 1 aliphatic heterocycles. The fourth-order valence-electron chi connectivity index (χ4n) is 2.95. The minimum Gasteiger partial charge on any atom is -0.368 e. The van der Waals surface area contributed by atoms with Gasteiger partial charge in [-0.25, -0.2) is 23.7 Å². The molecule has 3 rings (SSSR count). The van der Waals surface area contributed by atoms with Crippen LogP contribution in [0.15, 0.2) is 12.5 Å². The van der Waals surface area contributed by atoms with Gasteiger partial charge in [-0.05, 0) is 12.3 Å². The molecule has 0 spiro atoms. The van der Waals surface area contributed by atoms with Gasteiger partial charge in [0, 0.05) is 5.56 Å². The van der Waals surface area contributed by atoms with Crippen LogP contribution in [0.5, 0.6) is 0 Å². The number of nitrogens with zero attached hydrogens (tertiary/aromatic N) is 4. The zero-order chi connectivity index (χ0) is 22.3. The van der Waals surface area contributed by atoms with E-state index in [1.165, 1.54) is 17.0 Å². The molecule has 0 saturated carbocycles. The number of nitrogens with two attached hydrogens (primary N) is 1. The number of phosphoric acid groups is 3. The van der Waals surface area contributed by atoms with Crippen LogP contribution in [0.3, 0.4) is 0 Å². The molecule has 0 bridgehead atoms. The largest absolute Gasteiger partial charge is 0.490 e. The van der Waals surface area contributed by atoms with Crippen molar-refractivity contribution in [2.45, 2.75) is 25.6 Å². The van der Waals surface area contributed by atoms with Gasteiger partial charge in [-0.2, -0.15) is 18.2 Å². The van der Waals surface area contributed by atoms with E-state index in [0.717, 1.165) is 0 Å². The summed E-state index contributed by atoms with van der Waals surface area (Å²) in [6.07, 6.45) is 1.92. The summed E-state index contributed by atoms with van der Waals surface area (Å²) < 4.78 is 52.9. The molecular formula is C11H18N5O11P3. The number of fused-ring (bicyclic) bond motifs is 1. The van der Waals surface area contributed by atoms with E-state index in [2.05, 4.69) is 28.2 Å². The van der Waals surface area contributed by atoms with Crippen molar-refractivity contribution in [2.24, 2.45) is 5.92 Å². The molecule has 1 fully saturated rings. The SMILES string of the molecule is CC1CC(COP(=O)(O)OP(=O)(O)OP(=O)(O)O)OC1c1cnn2c(N)ncnc12. The topological polar surface area (TPSA) is 238 Å². The fraction of sp³-hybridized carbons (Fsp3) is 0.545.